The van der Waals surface area contributed by atoms with Gasteiger partial charge in [-0.25, -0.2) is 0 Å². The van der Waals surface area contributed by atoms with Crippen molar-refractivity contribution in [3.05, 3.63) is 34.3 Å². The van der Waals surface area contributed by atoms with Crippen molar-refractivity contribution in [2.45, 2.75) is 40.0 Å². The fraction of sp³-hybridized carbons (Fsp3) is 0.500. The van der Waals surface area contributed by atoms with E-state index in [1.807, 2.05) is 26.8 Å². The lowest BCUT2D eigenvalue weighted by molar-refractivity contribution is -0.137. The van der Waals surface area contributed by atoms with Crippen LogP contribution in [0.4, 0.5) is 0 Å². The Morgan fingerprint density at radius 2 is 1.95 bits per heavy atom. The number of hydrogen-bond donors (Lipinski definition) is 2. The van der Waals surface area contributed by atoms with E-state index in [4.69, 9.17) is 16.7 Å². The molecule has 0 bridgehead atoms. The Hall–Kier alpha value is -1.55. The van der Waals surface area contributed by atoms with Gasteiger partial charge in [-0.2, -0.15) is 0 Å². The Morgan fingerprint density at radius 1 is 1.29 bits per heavy atom. The molecule has 2 N–H and O–H groups in total. The molecular weight excluding hydrogens is 290 g/mol. The van der Waals surface area contributed by atoms with Crippen LogP contribution in [0.3, 0.4) is 0 Å². The van der Waals surface area contributed by atoms with Crippen LogP contribution in [0.25, 0.3) is 0 Å². The first-order valence-electron chi connectivity index (χ1n) is 6.98. The minimum absolute atomic E-state index is 0.123. The van der Waals surface area contributed by atoms with Crippen LogP contribution in [-0.2, 0) is 4.79 Å². The van der Waals surface area contributed by atoms with Crippen molar-refractivity contribution in [2.24, 2.45) is 5.41 Å². The third-order valence-corrected chi connectivity index (χ3v) is 4.04. The largest absolute Gasteiger partial charge is 0.481 e. The van der Waals surface area contributed by atoms with E-state index < -0.39 is 5.97 Å². The third kappa shape index (κ3) is 5.76. The van der Waals surface area contributed by atoms with E-state index in [2.05, 4.69) is 5.32 Å². The average molecular weight is 312 g/mol. The van der Waals surface area contributed by atoms with Crippen LogP contribution in [-0.4, -0.2) is 23.5 Å². The molecule has 4 nitrogen and oxygen atoms in total. The SMILES string of the molecule is Cc1cccc(C(=O)NCCC(C)(C)CCC(=O)O)c1Cl. The first-order valence-corrected chi connectivity index (χ1v) is 7.36. The summed E-state index contributed by atoms with van der Waals surface area (Å²) in [5, 5.41) is 12.0. The zero-order chi connectivity index (χ0) is 16.0. The van der Waals surface area contributed by atoms with Gasteiger partial charge in [-0.15, -0.1) is 0 Å². The Bertz CT molecular complexity index is 526. The lowest BCUT2D eigenvalue weighted by atomic mass is 9.84. The lowest BCUT2D eigenvalue weighted by Gasteiger charge is -2.23. The third-order valence-electron chi connectivity index (χ3n) is 3.54. The Kier molecular flexibility index (Phi) is 6.21. The zero-order valence-corrected chi connectivity index (χ0v) is 13.5. The van der Waals surface area contributed by atoms with Crippen molar-refractivity contribution in [1.82, 2.24) is 5.32 Å². The van der Waals surface area contributed by atoms with Gasteiger partial charge in [0.15, 0.2) is 0 Å². The summed E-state index contributed by atoms with van der Waals surface area (Å²) in [6, 6.07) is 5.35. The monoisotopic (exact) mass is 311 g/mol. The fourth-order valence-electron chi connectivity index (χ4n) is 2.00. The molecule has 21 heavy (non-hydrogen) atoms. The minimum Gasteiger partial charge on any atom is -0.481 e. The molecule has 0 unspecified atom stereocenters. The molecular formula is C16H22ClNO3. The van der Waals surface area contributed by atoms with Crippen LogP contribution in [0.2, 0.25) is 5.02 Å². The summed E-state index contributed by atoms with van der Waals surface area (Å²) in [7, 11) is 0. The van der Waals surface area contributed by atoms with Crippen LogP contribution >= 0.6 is 11.6 Å². The maximum Gasteiger partial charge on any atom is 0.303 e. The Morgan fingerprint density at radius 3 is 2.57 bits per heavy atom. The molecule has 0 saturated heterocycles. The van der Waals surface area contributed by atoms with Crippen molar-refractivity contribution < 1.29 is 14.7 Å². The molecule has 116 valence electrons. The number of hydrogen-bond acceptors (Lipinski definition) is 2. The van der Waals surface area contributed by atoms with Crippen molar-refractivity contribution >= 4 is 23.5 Å². The second-order valence-electron chi connectivity index (χ2n) is 6.00. The van der Waals surface area contributed by atoms with Crippen molar-refractivity contribution in [1.29, 1.82) is 0 Å². The molecule has 1 aromatic carbocycles. The highest BCUT2D eigenvalue weighted by Gasteiger charge is 2.19. The standard InChI is InChI=1S/C16H22ClNO3/c1-11-5-4-6-12(14(11)17)15(21)18-10-9-16(2,3)8-7-13(19)20/h4-6H,7-10H2,1-3H3,(H,18,21)(H,19,20). The molecule has 0 aliphatic rings. The van der Waals surface area contributed by atoms with Gasteiger partial charge in [-0.3, -0.25) is 9.59 Å². The van der Waals surface area contributed by atoms with Crippen molar-refractivity contribution in [2.75, 3.05) is 6.54 Å². The number of aliphatic carboxylic acids is 1. The number of benzene rings is 1. The van der Waals surface area contributed by atoms with Gasteiger partial charge in [0.25, 0.3) is 5.91 Å². The molecule has 0 spiro atoms. The number of carboxylic acids is 1. The maximum atomic E-state index is 12.1. The quantitative estimate of drug-likeness (QED) is 0.807. The maximum absolute atomic E-state index is 12.1. The highest BCUT2D eigenvalue weighted by molar-refractivity contribution is 6.34. The summed E-state index contributed by atoms with van der Waals surface area (Å²) in [6.07, 6.45) is 1.45. The molecule has 1 aromatic rings. The highest BCUT2D eigenvalue weighted by atomic mass is 35.5. The molecule has 0 aromatic heterocycles. The number of aryl methyl sites for hydroxylation is 1. The predicted molar refractivity (Wildman–Crippen MR) is 83.8 cm³/mol. The molecule has 0 saturated carbocycles. The summed E-state index contributed by atoms with van der Waals surface area (Å²) in [6.45, 7) is 6.35. The van der Waals surface area contributed by atoms with Gasteiger partial charge < -0.3 is 10.4 Å². The van der Waals surface area contributed by atoms with Gasteiger partial charge in [0, 0.05) is 13.0 Å². The van der Waals surface area contributed by atoms with E-state index in [1.165, 1.54) is 0 Å². The molecule has 0 fully saturated rings. The molecule has 0 atom stereocenters. The highest BCUT2D eigenvalue weighted by Crippen LogP contribution is 2.26. The van der Waals surface area contributed by atoms with Crippen LogP contribution < -0.4 is 5.32 Å². The fourth-order valence-corrected chi connectivity index (χ4v) is 2.21. The summed E-state index contributed by atoms with van der Waals surface area (Å²) >= 11 is 6.12. The Labute approximate surface area is 130 Å². The average Bonchev–Trinajstić information content (AvgIpc) is 2.39. The number of carbonyl (C=O) groups is 2. The van der Waals surface area contributed by atoms with Crippen LogP contribution in [0.15, 0.2) is 18.2 Å². The normalized spacial score (nSPS) is 11.2. The predicted octanol–water partition coefficient (Wildman–Crippen LogP) is 3.66. The van der Waals surface area contributed by atoms with E-state index >= 15 is 0 Å². The molecule has 0 aliphatic carbocycles. The van der Waals surface area contributed by atoms with Gasteiger partial charge in [-0.1, -0.05) is 37.6 Å². The van der Waals surface area contributed by atoms with Crippen LogP contribution in [0.5, 0.6) is 0 Å². The van der Waals surface area contributed by atoms with E-state index in [0.717, 1.165) is 12.0 Å². The molecule has 0 aliphatic heterocycles. The van der Waals surface area contributed by atoms with E-state index in [1.54, 1.807) is 12.1 Å². The van der Waals surface area contributed by atoms with E-state index in [9.17, 15) is 9.59 Å². The second-order valence-corrected chi connectivity index (χ2v) is 6.38. The summed E-state index contributed by atoms with van der Waals surface area (Å²) in [4.78, 5) is 22.7. The van der Waals surface area contributed by atoms with Gasteiger partial charge >= 0.3 is 5.97 Å². The topological polar surface area (TPSA) is 66.4 Å². The number of rotatable bonds is 7. The van der Waals surface area contributed by atoms with Gasteiger partial charge in [0.1, 0.15) is 0 Å². The van der Waals surface area contributed by atoms with Crippen LogP contribution in [0, 0.1) is 12.3 Å². The summed E-state index contributed by atoms with van der Waals surface area (Å²) in [5.74, 6) is -0.989. The van der Waals surface area contributed by atoms with Crippen LogP contribution in [0.1, 0.15) is 49.0 Å². The molecule has 1 rings (SSSR count). The number of carboxylic acid groups (broad SMARTS) is 1. The summed E-state index contributed by atoms with van der Waals surface area (Å²) < 4.78 is 0. The molecule has 0 heterocycles. The first kappa shape index (κ1) is 17.5. The molecule has 5 heteroatoms. The number of carbonyl (C=O) groups excluding carboxylic acids is 1. The second kappa shape index (κ2) is 7.46. The number of amides is 1. The van der Waals surface area contributed by atoms with E-state index in [0.29, 0.717) is 23.6 Å². The van der Waals surface area contributed by atoms with Crippen molar-refractivity contribution in [3.63, 3.8) is 0 Å². The number of halogens is 1. The minimum atomic E-state index is -0.793. The van der Waals surface area contributed by atoms with Crippen molar-refractivity contribution in [3.8, 4) is 0 Å². The van der Waals surface area contributed by atoms with Gasteiger partial charge in [0.2, 0.25) is 0 Å². The molecule has 0 radical (unpaired) electrons. The van der Waals surface area contributed by atoms with Gasteiger partial charge in [-0.05, 0) is 36.8 Å². The smallest absolute Gasteiger partial charge is 0.303 e. The molecule has 1 amide bonds. The lowest BCUT2D eigenvalue weighted by Crippen LogP contribution is -2.28. The zero-order valence-electron chi connectivity index (χ0n) is 12.7. The van der Waals surface area contributed by atoms with E-state index in [-0.39, 0.29) is 17.7 Å². The number of nitrogens with one attached hydrogen (secondary N) is 1. The summed E-state index contributed by atoms with van der Waals surface area (Å²) in [5.41, 5.74) is 1.22. The first-order chi connectivity index (χ1) is 9.73. The Balaban J connectivity index is 2.50. The van der Waals surface area contributed by atoms with Gasteiger partial charge in [0.05, 0.1) is 10.6 Å².